The molecule has 0 bridgehead atoms. The Kier molecular flexibility index (Phi) is 3.72. The van der Waals surface area contributed by atoms with Crippen molar-refractivity contribution in [2.45, 2.75) is 38.1 Å². The fraction of sp³-hybridized carbons (Fsp3) is 0.500. The van der Waals surface area contributed by atoms with Gasteiger partial charge in [-0.1, -0.05) is 35.4 Å². The first-order valence-corrected chi connectivity index (χ1v) is 7.38. The van der Waals surface area contributed by atoms with Gasteiger partial charge in [-0.05, 0) is 55.7 Å². The Morgan fingerprint density at radius 3 is 2.89 bits per heavy atom. The monoisotopic (exact) mass is 261 g/mol. The van der Waals surface area contributed by atoms with Crippen molar-refractivity contribution in [1.29, 1.82) is 0 Å². The molecule has 2 atom stereocenters. The maximum absolute atomic E-state index is 5.91. The normalized spacial score (nSPS) is 26.8. The van der Waals surface area contributed by atoms with Crippen LogP contribution in [0.3, 0.4) is 0 Å². The van der Waals surface area contributed by atoms with Crippen molar-refractivity contribution in [3.05, 3.63) is 46.5 Å². The van der Waals surface area contributed by atoms with Crippen molar-refractivity contribution >= 4 is 11.6 Å². The van der Waals surface area contributed by atoms with E-state index < -0.39 is 0 Å². The SMILES string of the molecule is Clc1ccc(CC[C@@H]2NC[C@@H]3CCCC=C32)cc1. The first kappa shape index (κ1) is 12.3. The quantitative estimate of drug-likeness (QED) is 0.812. The second kappa shape index (κ2) is 5.46. The van der Waals surface area contributed by atoms with Gasteiger partial charge in [0.25, 0.3) is 0 Å². The molecule has 2 aliphatic rings. The lowest BCUT2D eigenvalue weighted by Gasteiger charge is -2.20. The number of hydrogen-bond donors (Lipinski definition) is 1. The van der Waals surface area contributed by atoms with Gasteiger partial charge in [-0.15, -0.1) is 0 Å². The van der Waals surface area contributed by atoms with Gasteiger partial charge in [0.2, 0.25) is 0 Å². The number of halogens is 1. The highest BCUT2D eigenvalue weighted by Gasteiger charge is 2.30. The molecule has 1 aromatic carbocycles. The third kappa shape index (κ3) is 2.62. The van der Waals surface area contributed by atoms with E-state index >= 15 is 0 Å². The van der Waals surface area contributed by atoms with Crippen LogP contribution in [0.4, 0.5) is 0 Å². The minimum Gasteiger partial charge on any atom is -0.310 e. The second-order valence-corrected chi connectivity index (χ2v) is 5.89. The molecular weight excluding hydrogens is 242 g/mol. The fourth-order valence-electron chi connectivity index (χ4n) is 3.25. The zero-order valence-corrected chi connectivity index (χ0v) is 11.4. The topological polar surface area (TPSA) is 12.0 Å². The second-order valence-electron chi connectivity index (χ2n) is 5.46. The van der Waals surface area contributed by atoms with Crippen LogP contribution in [0.2, 0.25) is 5.02 Å². The van der Waals surface area contributed by atoms with Crippen LogP contribution in [0, 0.1) is 5.92 Å². The van der Waals surface area contributed by atoms with Crippen molar-refractivity contribution in [1.82, 2.24) is 5.32 Å². The molecule has 1 N–H and O–H groups in total. The van der Waals surface area contributed by atoms with E-state index in [-0.39, 0.29) is 0 Å². The first-order chi connectivity index (χ1) is 8.83. The summed E-state index contributed by atoms with van der Waals surface area (Å²) in [6.07, 6.45) is 8.88. The summed E-state index contributed by atoms with van der Waals surface area (Å²) in [6.45, 7) is 1.19. The molecule has 18 heavy (non-hydrogen) atoms. The highest BCUT2D eigenvalue weighted by molar-refractivity contribution is 6.30. The number of hydrogen-bond acceptors (Lipinski definition) is 1. The largest absolute Gasteiger partial charge is 0.310 e. The Labute approximate surface area is 114 Å². The van der Waals surface area contributed by atoms with Gasteiger partial charge in [-0.25, -0.2) is 0 Å². The molecule has 1 heterocycles. The molecule has 1 aliphatic heterocycles. The summed E-state index contributed by atoms with van der Waals surface area (Å²) in [5.41, 5.74) is 3.08. The molecule has 1 saturated heterocycles. The van der Waals surface area contributed by atoms with Crippen LogP contribution >= 0.6 is 11.6 Å². The van der Waals surface area contributed by atoms with Crippen LogP contribution in [0.5, 0.6) is 0 Å². The van der Waals surface area contributed by atoms with Gasteiger partial charge >= 0.3 is 0 Å². The zero-order valence-electron chi connectivity index (χ0n) is 10.7. The van der Waals surface area contributed by atoms with Gasteiger partial charge in [0.05, 0.1) is 0 Å². The molecule has 0 amide bonds. The van der Waals surface area contributed by atoms with E-state index in [1.807, 2.05) is 12.1 Å². The van der Waals surface area contributed by atoms with Gasteiger partial charge in [0.1, 0.15) is 0 Å². The fourth-order valence-corrected chi connectivity index (χ4v) is 3.37. The molecule has 0 spiro atoms. The van der Waals surface area contributed by atoms with E-state index in [1.54, 1.807) is 5.57 Å². The Morgan fingerprint density at radius 2 is 2.06 bits per heavy atom. The molecule has 1 fully saturated rings. The summed E-state index contributed by atoms with van der Waals surface area (Å²) in [5, 5.41) is 4.51. The number of aryl methyl sites for hydroxylation is 1. The lowest BCUT2D eigenvalue weighted by atomic mass is 9.86. The van der Waals surface area contributed by atoms with Crippen LogP contribution in [0.15, 0.2) is 35.9 Å². The van der Waals surface area contributed by atoms with Crippen molar-refractivity contribution in [3.63, 3.8) is 0 Å². The molecule has 96 valence electrons. The standard InChI is InChI=1S/C16H20ClN/c17-14-8-5-12(6-9-14)7-10-16-15-4-2-1-3-13(15)11-18-16/h4-6,8-9,13,16,18H,1-3,7,10-11H2/t13-,16-/m0/s1. The average Bonchev–Trinajstić information content (AvgIpc) is 2.82. The minimum atomic E-state index is 0.617. The van der Waals surface area contributed by atoms with Crippen molar-refractivity contribution in [2.24, 2.45) is 5.92 Å². The summed E-state index contributed by atoms with van der Waals surface area (Å²) < 4.78 is 0. The number of allylic oxidation sites excluding steroid dienone is 1. The van der Waals surface area contributed by atoms with Crippen LogP contribution in [-0.2, 0) is 6.42 Å². The van der Waals surface area contributed by atoms with E-state index in [0.717, 1.165) is 17.4 Å². The van der Waals surface area contributed by atoms with Crippen LogP contribution in [0.1, 0.15) is 31.2 Å². The van der Waals surface area contributed by atoms with Crippen molar-refractivity contribution in [3.8, 4) is 0 Å². The lowest BCUT2D eigenvalue weighted by molar-refractivity contribution is 0.546. The summed E-state index contributed by atoms with van der Waals surface area (Å²) in [7, 11) is 0. The molecule has 0 unspecified atom stereocenters. The van der Waals surface area contributed by atoms with Gasteiger partial charge in [0, 0.05) is 17.6 Å². The predicted molar refractivity (Wildman–Crippen MR) is 77.0 cm³/mol. The van der Waals surface area contributed by atoms with Crippen LogP contribution < -0.4 is 5.32 Å². The minimum absolute atomic E-state index is 0.617. The third-order valence-electron chi connectivity index (χ3n) is 4.26. The molecule has 1 aliphatic carbocycles. The molecule has 2 heteroatoms. The summed E-state index contributed by atoms with van der Waals surface area (Å²) in [5.74, 6) is 0.828. The molecular formula is C16H20ClN. The predicted octanol–water partition coefficient (Wildman–Crippen LogP) is 3.97. The van der Waals surface area contributed by atoms with Gasteiger partial charge in [0.15, 0.2) is 0 Å². The summed E-state index contributed by atoms with van der Waals surface area (Å²) in [4.78, 5) is 0. The lowest BCUT2D eigenvalue weighted by Crippen LogP contribution is -2.23. The maximum atomic E-state index is 5.91. The number of fused-ring (bicyclic) bond motifs is 1. The molecule has 3 rings (SSSR count). The number of benzene rings is 1. The molecule has 0 saturated carbocycles. The maximum Gasteiger partial charge on any atom is 0.0406 e. The first-order valence-electron chi connectivity index (χ1n) is 7.01. The van der Waals surface area contributed by atoms with E-state index in [0.29, 0.717) is 6.04 Å². The smallest absolute Gasteiger partial charge is 0.0406 e. The highest BCUT2D eigenvalue weighted by Crippen LogP contribution is 2.32. The molecule has 0 radical (unpaired) electrons. The molecule has 0 aromatic heterocycles. The third-order valence-corrected chi connectivity index (χ3v) is 4.51. The Balaban J connectivity index is 1.60. The van der Waals surface area contributed by atoms with Crippen LogP contribution in [-0.4, -0.2) is 12.6 Å². The Morgan fingerprint density at radius 1 is 1.22 bits per heavy atom. The molecule has 1 nitrogen and oxygen atoms in total. The van der Waals surface area contributed by atoms with Gasteiger partial charge in [-0.2, -0.15) is 0 Å². The van der Waals surface area contributed by atoms with Crippen molar-refractivity contribution in [2.75, 3.05) is 6.54 Å². The van der Waals surface area contributed by atoms with E-state index in [9.17, 15) is 0 Å². The van der Waals surface area contributed by atoms with E-state index in [4.69, 9.17) is 11.6 Å². The average molecular weight is 262 g/mol. The highest BCUT2D eigenvalue weighted by atomic mass is 35.5. The number of rotatable bonds is 3. The van der Waals surface area contributed by atoms with Crippen LogP contribution in [0.25, 0.3) is 0 Å². The summed E-state index contributed by atoms with van der Waals surface area (Å²) >= 11 is 5.91. The van der Waals surface area contributed by atoms with Crippen molar-refractivity contribution < 1.29 is 0 Å². The van der Waals surface area contributed by atoms with Gasteiger partial charge in [-0.3, -0.25) is 0 Å². The summed E-state index contributed by atoms with van der Waals surface area (Å²) in [6, 6.07) is 8.88. The van der Waals surface area contributed by atoms with E-state index in [1.165, 1.54) is 37.8 Å². The Hall–Kier alpha value is -0.790. The molecule has 1 aromatic rings. The Bertz CT molecular complexity index is 435. The number of nitrogens with one attached hydrogen (secondary N) is 1. The zero-order chi connectivity index (χ0) is 12.4. The van der Waals surface area contributed by atoms with E-state index in [2.05, 4.69) is 23.5 Å². The van der Waals surface area contributed by atoms with Gasteiger partial charge < -0.3 is 5.32 Å².